The molecule has 0 aliphatic heterocycles. The number of carboxylic acid groups (broad SMARTS) is 2. The van der Waals surface area contributed by atoms with Gasteiger partial charge >= 0.3 is 56.2 Å². The Bertz CT molecular complexity index is 5510. The molecule has 0 fully saturated rings. The number of carboxylic acids is 2. The van der Waals surface area contributed by atoms with Gasteiger partial charge in [0, 0.05) is 67.8 Å². The molecular weight excluding hydrogens is 1980 g/mol. The zero-order valence-corrected chi connectivity index (χ0v) is 79.6. The first-order chi connectivity index (χ1) is 63.0. The molecule has 0 bridgehead atoms. The SMILES string of the molecule is C.C.C.C.C.C=CC(C)C=C.COC(=O)[C@H](CCP(=O)(O)C(O)c1ccc(S(C)(=O)=O)cc1)NC(=O)OCc1ccccc1.COC(=O)[C@H](CCP(=O)(O)C(O)c1ccc([N+](=O)[O-])cc1)NC(=O)OCc1ccccc1.COC(=O)[C@H](CC[P+](=O)O)NC(=O)OCc1ccccc1.CS(=O)(=O)c1ccc(C(O)P(=O)(O)CC[C@H](N)C(=O)O)cc1.N[C@@H](CCP(=O)(O)C(O)c1ccc([N+](=O)[O-])cc1)C(=O)O. The van der Waals surface area contributed by atoms with Crippen molar-refractivity contribution in [1.29, 1.82) is 0 Å². The second-order valence-electron chi connectivity index (χ2n) is 28.9. The molecule has 0 aromatic heterocycles. The number of hydrogen-bond acceptors (Lipinski definition) is 33. The number of methoxy groups -OCH3 is 3. The molecule has 7 rings (SSSR count). The Morgan fingerprint density at radius 3 is 0.836 bits per heavy atom. The van der Waals surface area contributed by atoms with Gasteiger partial charge in [0.1, 0.15) is 50.0 Å². The minimum atomic E-state index is -4.27. The summed E-state index contributed by atoms with van der Waals surface area (Å²) in [7, 11) is -22.6. The summed E-state index contributed by atoms with van der Waals surface area (Å²) < 4.78 is 135. The lowest BCUT2D eigenvalue weighted by molar-refractivity contribution is -0.385. The average Bonchev–Trinajstić information content (AvgIpc) is 0.834. The number of nitro benzene ring substituents is 2. The van der Waals surface area contributed by atoms with Crippen LogP contribution in [0.5, 0.6) is 0 Å². The quantitative estimate of drug-likeness (QED) is 0.00421. The van der Waals surface area contributed by atoms with Gasteiger partial charge in [-0.2, -0.15) is 4.89 Å². The number of hydrogen-bond donors (Lipinski definition) is 16. The van der Waals surface area contributed by atoms with E-state index in [0.29, 0.717) is 5.92 Å². The predicted molar refractivity (Wildman–Crippen MR) is 523 cm³/mol. The van der Waals surface area contributed by atoms with Crippen LogP contribution >= 0.6 is 37.5 Å². The number of aliphatic hydroxyl groups is 4. The molecule has 0 radical (unpaired) electrons. The van der Waals surface area contributed by atoms with E-state index >= 15 is 0 Å². The number of ether oxygens (including phenoxy) is 6. The third-order valence-electron chi connectivity index (χ3n) is 18.5. The van der Waals surface area contributed by atoms with Crippen LogP contribution < -0.4 is 27.4 Å². The number of rotatable bonds is 43. The Morgan fingerprint density at radius 1 is 0.421 bits per heavy atom. The van der Waals surface area contributed by atoms with Gasteiger partial charge in [-0.1, -0.05) is 171 Å². The van der Waals surface area contributed by atoms with Gasteiger partial charge in [-0.05, 0) is 124 Å². The van der Waals surface area contributed by atoms with Crippen molar-refractivity contribution in [3.63, 3.8) is 0 Å². The highest BCUT2D eigenvalue weighted by atomic mass is 32.2. The molecular formula is C88H129N7O38P5S2+. The van der Waals surface area contributed by atoms with Crippen LogP contribution in [0.15, 0.2) is 223 Å². The van der Waals surface area contributed by atoms with Crippen LogP contribution in [-0.4, -0.2) is 225 Å². The number of non-ortho nitro benzene ring substituents is 2. The van der Waals surface area contributed by atoms with Gasteiger partial charge in [-0.3, -0.25) is 48.1 Å². The number of alkyl carbamates (subject to hydrolysis) is 3. The second-order valence-corrected chi connectivity index (χ2v) is 43.8. The number of nitrogens with two attached hydrogens (primary N) is 2. The molecule has 0 saturated carbocycles. The number of carbonyl (C=O) groups excluding carboxylic acids is 6. The van der Waals surface area contributed by atoms with E-state index in [4.69, 9.17) is 40.8 Å². The van der Waals surface area contributed by atoms with E-state index in [2.05, 4.69) is 43.3 Å². The first-order valence-electron chi connectivity index (χ1n) is 39.6. The number of allylic oxidation sites excluding steroid dienone is 2. The predicted octanol–water partition coefficient (Wildman–Crippen LogP) is 12.5. The number of nitro groups is 2. The van der Waals surface area contributed by atoms with E-state index in [1.807, 2.05) is 37.3 Å². The van der Waals surface area contributed by atoms with E-state index in [1.165, 1.54) is 79.9 Å². The van der Waals surface area contributed by atoms with Crippen LogP contribution in [0.2, 0.25) is 0 Å². The van der Waals surface area contributed by atoms with Gasteiger partial charge in [0.25, 0.3) is 11.4 Å². The van der Waals surface area contributed by atoms with Gasteiger partial charge in [0.15, 0.2) is 49.2 Å². The molecule has 45 nitrogen and oxygen atoms in total. The Hall–Kier alpha value is -11.5. The molecule has 0 aliphatic rings. The Morgan fingerprint density at radius 2 is 0.643 bits per heavy atom. The fourth-order valence-corrected chi connectivity index (χ4v) is 18.3. The molecule has 3 amide bonds. The zero-order chi connectivity index (χ0) is 102. The maximum Gasteiger partial charge on any atom is 0.505 e. The Balaban J connectivity index is -0.000000816. The van der Waals surface area contributed by atoms with E-state index in [9.17, 15) is 138 Å². The van der Waals surface area contributed by atoms with Crippen LogP contribution in [0.25, 0.3) is 0 Å². The van der Waals surface area contributed by atoms with Crippen LogP contribution in [0.3, 0.4) is 0 Å². The number of nitrogens with zero attached hydrogens (tertiary/aromatic N) is 2. The van der Waals surface area contributed by atoms with E-state index in [1.54, 1.807) is 72.8 Å². The Kier molecular flexibility index (Phi) is 63.7. The van der Waals surface area contributed by atoms with Gasteiger partial charge in [0.05, 0.1) is 41.0 Å². The number of aliphatic carboxylic acids is 2. The van der Waals surface area contributed by atoms with Crippen molar-refractivity contribution in [3.05, 3.63) is 273 Å². The smallest absolute Gasteiger partial charge is 0.480 e. The number of amides is 3. The molecule has 7 aromatic carbocycles. The third-order valence-corrected chi connectivity index (χ3v) is 29.2. The third kappa shape index (κ3) is 50.5. The highest BCUT2D eigenvalue weighted by Crippen LogP contribution is 2.57. The van der Waals surface area contributed by atoms with Crippen molar-refractivity contribution in [2.24, 2.45) is 17.4 Å². The standard InChI is InChI=1S/C21H26NO9PS.C20H23N2O9P.C13H16NO6P.C12H18NO7PS.C11H15N2O7P.C6H10.5CH4/c1-30-19(23)18(22-21(25)31-14-15-6-4-3-5-7-15)12-13-32(26,27)20(24)16-8-10-17(11-9-16)33(2,28)29;1-30-18(23)17(21-20(25)31-13-14-5-3-2-4-6-14)11-12-32(28,29)19(24)15-7-9-16(10-8-15)22(26)27;1-19-12(15)11(7-8-21(17)18)14-13(16)20-9-10-5-3-2-4-6-10;1-22(19,20)9-4-2-8(3-5-9)12(16)21(17,18)7-6-10(13)11(14)15;12-9(10(14)15)5-6-21(19,20)11(16)7-1-3-8(4-2-7)13(17)18;1-4-6(3)5-2;;;;;/h3-11,18,20,24H,12-14H2,1-2H3,(H,22,25)(H,26,27);2-10,17,19,24H,11-13H2,1H3,(H,21,25)(H,28,29);2-6,11H,7-9H2,1H3,(H-,14,16,17,18);2-5,10,12,16H,6-7,13H2,1H3,(H,14,15)(H,17,18);1-4,9,11,16H,5-6,12H2,(H,14,15)(H,19,20);4-6H,1-2H2,3H3;5*1H4/p+1/t18-,20?;17-,19?;11-;10-,12?;9-,11?;;;;;;/m00000....../s1. The maximum atomic E-state index is 12.7. The lowest BCUT2D eigenvalue weighted by Gasteiger charge is -2.21. The summed E-state index contributed by atoms with van der Waals surface area (Å²) in [6.07, 6.45) is -0.165. The molecule has 18 N–H and O–H groups in total. The second kappa shape index (κ2) is 66.2. The summed E-state index contributed by atoms with van der Waals surface area (Å²) in [5, 5.41) is 85.7. The summed E-state index contributed by atoms with van der Waals surface area (Å²) >= 11 is 0. The normalized spacial score (nSPS) is 14.3. The highest BCUT2D eigenvalue weighted by Gasteiger charge is 2.38. The van der Waals surface area contributed by atoms with Crippen LogP contribution in [-0.2, 0) is 115 Å². The van der Waals surface area contributed by atoms with E-state index < -0.39 is 193 Å². The van der Waals surface area contributed by atoms with Crippen molar-refractivity contribution >= 4 is 117 Å². The molecule has 0 saturated heterocycles. The van der Waals surface area contributed by atoms with E-state index in [0.717, 1.165) is 67.7 Å². The van der Waals surface area contributed by atoms with Gasteiger partial charge in [0.2, 0.25) is 29.5 Å². The summed E-state index contributed by atoms with van der Waals surface area (Å²) in [4.78, 5) is 161. The van der Waals surface area contributed by atoms with Gasteiger partial charge in [-0.25, -0.2) is 45.6 Å². The van der Waals surface area contributed by atoms with Crippen LogP contribution in [0.1, 0.15) is 138 Å². The summed E-state index contributed by atoms with van der Waals surface area (Å²) in [5.74, 6) is -11.7. The van der Waals surface area contributed by atoms with Crippen molar-refractivity contribution in [2.45, 2.75) is 159 Å². The molecule has 9 unspecified atom stereocenters. The minimum Gasteiger partial charge on any atom is -0.480 e. The Labute approximate surface area is 813 Å². The molecule has 780 valence electrons. The highest BCUT2D eigenvalue weighted by molar-refractivity contribution is 7.91. The molecule has 0 heterocycles. The topological polar surface area (TPSA) is 743 Å². The van der Waals surface area contributed by atoms with Crippen LogP contribution in [0, 0.1) is 26.1 Å². The molecule has 7 aromatic rings. The van der Waals surface area contributed by atoms with Crippen molar-refractivity contribution < 1.29 is 171 Å². The van der Waals surface area contributed by atoms with Gasteiger partial charge in [-0.15, -0.1) is 13.2 Å². The first-order valence-corrected chi connectivity index (χ1v) is 52.4. The zero-order valence-electron chi connectivity index (χ0n) is 73.5. The summed E-state index contributed by atoms with van der Waals surface area (Å²) in [6, 6.07) is 39.4. The average molecular weight is 2110 g/mol. The summed E-state index contributed by atoms with van der Waals surface area (Å²) in [5.41, 5.74) is 12.4. The fourth-order valence-electron chi connectivity index (χ4n) is 10.5. The molecule has 0 aliphatic carbocycles. The molecule has 52 heteroatoms. The number of benzene rings is 7. The molecule has 0 spiro atoms. The fraction of sp³-hybridized carbons (Fsp3) is 0.386. The number of carbonyl (C=O) groups is 8. The maximum absolute atomic E-state index is 12.7. The lowest BCUT2D eigenvalue weighted by atomic mass is 10.2. The number of esters is 3. The van der Waals surface area contributed by atoms with Crippen molar-refractivity contribution in [1.82, 2.24) is 16.0 Å². The van der Waals surface area contributed by atoms with Gasteiger partial charge < -0.3 is 106 Å². The van der Waals surface area contributed by atoms with E-state index in [-0.39, 0.29) is 139 Å². The minimum absolute atomic E-state index is 0. The molecule has 14 atom stereocenters. The van der Waals surface area contributed by atoms with Crippen molar-refractivity contribution in [2.75, 3.05) is 64.7 Å². The largest absolute Gasteiger partial charge is 0.505 e. The first kappa shape index (κ1) is 135. The monoisotopic (exact) mass is 2110 g/mol. The summed E-state index contributed by atoms with van der Waals surface area (Å²) in [6.45, 7) is 9.14. The number of nitrogens with one attached hydrogen (secondary N) is 3. The van der Waals surface area contributed by atoms with Crippen molar-refractivity contribution in [3.8, 4) is 0 Å². The number of sulfone groups is 2. The lowest BCUT2D eigenvalue weighted by Crippen LogP contribution is -2.42. The van der Waals surface area contributed by atoms with Crippen LogP contribution in [0.4, 0.5) is 25.8 Å². The number of aliphatic hydroxyl groups excluding tert-OH is 4. The molecule has 140 heavy (non-hydrogen) atoms.